The van der Waals surface area contributed by atoms with Crippen molar-refractivity contribution in [2.24, 2.45) is 0 Å². The quantitative estimate of drug-likeness (QED) is 0.749. The van der Waals surface area contributed by atoms with Crippen molar-refractivity contribution in [1.29, 1.82) is 0 Å². The summed E-state index contributed by atoms with van der Waals surface area (Å²) in [5, 5.41) is 4.23. The van der Waals surface area contributed by atoms with E-state index in [-0.39, 0.29) is 6.04 Å². The van der Waals surface area contributed by atoms with Crippen LogP contribution in [0.4, 0.5) is 0 Å². The second kappa shape index (κ2) is 7.07. The standard InChI is InChI=1S/C12H24N2OS/c1-4-14(11-7-5-6-8-11)12(16)13-10(2)9-15-3/h10-11H,4-9H2,1-3H3,(H,13,16). The molecular weight excluding hydrogens is 220 g/mol. The van der Waals surface area contributed by atoms with Crippen LogP contribution in [-0.4, -0.2) is 42.4 Å². The number of hydrogen-bond acceptors (Lipinski definition) is 2. The van der Waals surface area contributed by atoms with Gasteiger partial charge in [0.2, 0.25) is 0 Å². The number of ether oxygens (including phenoxy) is 1. The van der Waals surface area contributed by atoms with Crippen LogP contribution in [-0.2, 0) is 4.74 Å². The third kappa shape index (κ3) is 3.91. The molecular formula is C12H24N2OS. The smallest absolute Gasteiger partial charge is 0.169 e. The van der Waals surface area contributed by atoms with Gasteiger partial charge in [-0.15, -0.1) is 0 Å². The van der Waals surface area contributed by atoms with Crippen LogP contribution >= 0.6 is 12.2 Å². The van der Waals surface area contributed by atoms with Gasteiger partial charge in [-0.2, -0.15) is 0 Å². The molecule has 1 aliphatic carbocycles. The summed E-state index contributed by atoms with van der Waals surface area (Å²) in [4.78, 5) is 2.33. The van der Waals surface area contributed by atoms with Gasteiger partial charge in [0.25, 0.3) is 0 Å². The second-order valence-corrected chi connectivity index (χ2v) is 4.92. The van der Waals surface area contributed by atoms with Crippen molar-refractivity contribution in [3.8, 4) is 0 Å². The van der Waals surface area contributed by atoms with Crippen LogP contribution in [0.2, 0.25) is 0 Å². The molecule has 0 bridgehead atoms. The van der Waals surface area contributed by atoms with Crippen molar-refractivity contribution in [2.75, 3.05) is 20.3 Å². The summed E-state index contributed by atoms with van der Waals surface area (Å²) in [7, 11) is 1.72. The maximum absolute atomic E-state index is 5.46. The minimum atomic E-state index is 0.285. The first-order valence-electron chi connectivity index (χ1n) is 6.25. The first kappa shape index (κ1) is 13.7. The van der Waals surface area contributed by atoms with Crippen molar-refractivity contribution in [3.05, 3.63) is 0 Å². The molecule has 0 radical (unpaired) electrons. The predicted molar refractivity (Wildman–Crippen MR) is 71.7 cm³/mol. The third-order valence-corrected chi connectivity index (χ3v) is 3.51. The molecule has 0 saturated heterocycles. The summed E-state index contributed by atoms with van der Waals surface area (Å²) in [5.41, 5.74) is 0. The fourth-order valence-corrected chi connectivity index (χ4v) is 2.85. The molecule has 1 atom stereocenters. The minimum absolute atomic E-state index is 0.285. The highest BCUT2D eigenvalue weighted by molar-refractivity contribution is 7.80. The van der Waals surface area contributed by atoms with E-state index in [2.05, 4.69) is 24.1 Å². The average Bonchev–Trinajstić information content (AvgIpc) is 2.72. The van der Waals surface area contributed by atoms with Crippen molar-refractivity contribution in [2.45, 2.75) is 51.6 Å². The van der Waals surface area contributed by atoms with E-state index in [1.54, 1.807) is 7.11 Å². The lowest BCUT2D eigenvalue weighted by Gasteiger charge is -2.32. The van der Waals surface area contributed by atoms with Crippen LogP contribution in [0.15, 0.2) is 0 Å². The van der Waals surface area contributed by atoms with Gasteiger partial charge in [0.15, 0.2) is 5.11 Å². The molecule has 0 spiro atoms. The molecule has 0 aromatic heterocycles. The number of hydrogen-bond donors (Lipinski definition) is 1. The van der Waals surface area contributed by atoms with E-state index in [0.29, 0.717) is 12.6 Å². The molecule has 3 nitrogen and oxygen atoms in total. The zero-order chi connectivity index (χ0) is 12.0. The largest absolute Gasteiger partial charge is 0.383 e. The van der Waals surface area contributed by atoms with Crippen LogP contribution in [0.3, 0.4) is 0 Å². The van der Waals surface area contributed by atoms with Crippen LogP contribution < -0.4 is 5.32 Å². The van der Waals surface area contributed by atoms with E-state index in [0.717, 1.165) is 11.7 Å². The third-order valence-electron chi connectivity index (χ3n) is 3.15. The molecule has 1 N–H and O–H groups in total. The minimum Gasteiger partial charge on any atom is -0.383 e. The summed E-state index contributed by atoms with van der Waals surface area (Å²) in [6, 6.07) is 0.938. The van der Waals surface area contributed by atoms with E-state index < -0.39 is 0 Å². The fraction of sp³-hybridized carbons (Fsp3) is 0.917. The lowest BCUT2D eigenvalue weighted by molar-refractivity contribution is 0.177. The number of nitrogens with zero attached hydrogens (tertiary/aromatic N) is 1. The van der Waals surface area contributed by atoms with E-state index in [4.69, 9.17) is 17.0 Å². The Kier molecular flexibility index (Phi) is 6.06. The lowest BCUT2D eigenvalue weighted by atomic mass is 10.2. The maximum atomic E-state index is 5.46. The van der Waals surface area contributed by atoms with Crippen LogP contribution in [0.1, 0.15) is 39.5 Å². The zero-order valence-corrected chi connectivity index (χ0v) is 11.5. The van der Waals surface area contributed by atoms with Crippen molar-refractivity contribution < 1.29 is 4.74 Å². The SMILES string of the molecule is CCN(C(=S)NC(C)COC)C1CCCC1. The first-order valence-corrected chi connectivity index (χ1v) is 6.66. The van der Waals surface area contributed by atoms with Crippen LogP contribution in [0.25, 0.3) is 0 Å². The molecule has 1 fully saturated rings. The summed E-state index contributed by atoms with van der Waals surface area (Å²) in [6.07, 6.45) is 5.26. The Balaban J connectivity index is 2.42. The molecule has 0 amide bonds. The van der Waals surface area contributed by atoms with E-state index in [1.165, 1.54) is 25.7 Å². The summed E-state index contributed by atoms with van der Waals surface area (Å²) in [5.74, 6) is 0. The molecule has 0 heterocycles. The van der Waals surface area contributed by atoms with Crippen molar-refractivity contribution >= 4 is 17.3 Å². The summed E-state index contributed by atoms with van der Waals surface area (Å²) < 4.78 is 5.10. The van der Waals surface area contributed by atoms with E-state index in [1.807, 2.05) is 0 Å². The highest BCUT2D eigenvalue weighted by atomic mass is 32.1. The molecule has 1 aliphatic rings. The Bertz CT molecular complexity index is 217. The topological polar surface area (TPSA) is 24.5 Å². The van der Waals surface area contributed by atoms with Gasteiger partial charge in [-0.3, -0.25) is 0 Å². The Morgan fingerprint density at radius 3 is 2.62 bits per heavy atom. The van der Waals surface area contributed by atoms with Gasteiger partial charge in [-0.1, -0.05) is 12.8 Å². The van der Waals surface area contributed by atoms with Gasteiger partial charge in [0.05, 0.1) is 6.61 Å². The normalized spacial score (nSPS) is 18.4. The van der Waals surface area contributed by atoms with Gasteiger partial charge >= 0.3 is 0 Å². The molecule has 1 rings (SSSR count). The molecule has 16 heavy (non-hydrogen) atoms. The number of methoxy groups -OCH3 is 1. The number of rotatable bonds is 5. The lowest BCUT2D eigenvalue weighted by Crippen LogP contribution is -2.48. The van der Waals surface area contributed by atoms with E-state index in [9.17, 15) is 0 Å². The Morgan fingerprint density at radius 2 is 2.12 bits per heavy atom. The van der Waals surface area contributed by atoms with Crippen LogP contribution in [0.5, 0.6) is 0 Å². The molecule has 0 aromatic carbocycles. The van der Waals surface area contributed by atoms with Gasteiger partial charge < -0.3 is 15.0 Å². The van der Waals surface area contributed by atoms with E-state index >= 15 is 0 Å². The highest BCUT2D eigenvalue weighted by Crippen LogP contribution is 2.23. The summed E-state index contributed by atoms with van der Waals surface area (Å²) in [6.45, 7) is 5.96. The summed E-state index contributed by atoms with van der Waals surface area (Å²) >= 11 is 5.46. The van der Waals surface area contributed by atoms with Crippen molar-refractivity contribution in [1.82, 2.24) is 10.2 Å². The Hall–Kier alpha value is -0.350. The molecule has 0 aromatic rings. The number of thiocarbonyl (C=S) groups is 1. The van der Waals surface area contributed by atoms with Crippen molar-refractivity contribution in [3.63, 3.8) is 0 Å². The first-order chi connectivity index (χ1) is 7.69. The molecule has 4 heteroatoms. The van der Waals surface area contributed by atoms with Gasteiger partial charge in [0, 0.05) is 25.7 Å². The Morgan fingerprint density at radius 1 is 1.50 bits per heavy atom. The molecule has 94 valence electrons. The highest BCUT2D eigenvalue weighted by Gasteiger charge is 2.23. The zero-order valence-electron chi connectivity index (χ0n) is 10.7. The monoisotopic (exact) mass is 244 g/mol. The number of nitrogens with one attached hydrogen (secondary N) is 1. The second-order valence-electron chi connectivity index (χ2n) is 4.53. The molecule has 0 aliphatic heterocycles. The van der Waals surface area contributed by atoms with Crippen LogP contribution in [0, 0.1) is 0 Å². The molecule has 1 unspecified atom stereocenters. The molecule has 1 saturated carbocycles. The van der Waals surface area contributed by atoms with Gasteiger partial charge in [0.1, 0.15) is 0 Å². The van der Waals surface area contributed by atoms with Gasteiger partial charge in [-0.25, -0.2) is 0 Å². The average molecular weight is 244 g/mol. The Labute approximate surface area is 105 Å². The fourth-order valence-electron chi connectivity index (χ4n) is 2.37. The predicted octanol–water partition coefficient (Wildman–Crippen LogP) is 2.16. The van der Waals surface area contributed by atoms with Gasteiger partial charge in [-0.05, 0) is 38.9 Å². The maximum Gasteiger partial charge on any atom is 0.169 e.